The number of primary amides is 1. The molecule has 1 fully saturated rings. The van der Waals surface area contributed by atoms with Crippen LogP contribution in [0.4, 0.5) is 10.3 Å². The number of aromatic nitrogens is 1. The van der Waals surface area contributed by atoms with Gasteiger partial charge < -0.3 is 19.8 Å². The molecule has 0 spiro atoms. The van der Waals surface area contributed by atoms with E-state index < -0.39 is 5.82 Å². The van der Waals surface area contributed by atoms with Gasteiger partial charge in [0.05, 0.1) is 0 Å². The number of nitriles is 1. The quantitative estimate of drug-likeness (QED) is 0.889. The molecule has 0 saturated carbocycles. The smallest absolute Gasteiger partial charge is 0.236 e. The van der Waals surface area contributed by atoms with Crippen molar-refractivity contribution in [3.63, 3.8) is 0 Å². The van der Waals surface area contributed by atoms with E-state index in [1.54, 1.807) is 12.1 Å². The summed E-state index contributed by atoms with van der Waals surface area (Å²) in [4.78, 5) is 17.2. The van der Waals surface area contributed by atoms with Crippen molar-refractivity contribution >= 4 is 11.8 Å². The topological polar surface area (TPSA) is 105 Å². The summed E-state index contributed by atoms with van der Waals surface area (Å²) in [6, 6.07) is 8.00. The third-order valence-electron chi connectivity index (χ3n) is 4.13. The second-order valence-electron chi connectivity index (χ2n) is 5.76. The number of carbonyl (C=O) groups is 1. The fourth-order valence-corrected chi connectivity index (χ4v) is 2.77. The highest BCUT2D eigenvalue weighted by Crippen LogP contribution is 2.27. The number of halogens is 1. The predicted octanol–water partition coefficient (Wildman–Crippen LogP) is 1.97. The van der Waals surface area contributed by atoms with Crippen LogP contribution in [0.15, 0.2) is 28.7 Å². The van der Waals surface area contributed by atoms with Gasteiger partial charge in [0.2, 0.25) is 23.4 Å². The van der Waals surface area contributed by atoms with Gasteiger partial charge in [0, 0.05) is 19.0 Å². The normalized spacial score (nSPS) is 15.0. The van der Waals surface area contributed by atoms with Crippen molar-refractivity contribution in [3.8, 4) is 11.8 Å². The molecule has 7 nitrogen and oxygen atoms in total. The molecular weight excluding hydrogens is 327 g/mol. The van der Waals surface area contributed by atoms with Crippen LogP contribution in [0.25, 0.3) is 0 Å². The standard InChI is InChI=1S/C17H17FN4O3/c18-12-3-1-2-4-14(12)24-10-15-21-13(9-19)17(25-15)22-7-5-11(6-8-22)16(20)23/h1-4,11H,5-8,10H2,(H2,20,23). The van der Waals surface area contributed by atoms with Gasteiger partial charge in [-0.3, -0.25) is 4.79 Å². The number of para-hydroxylation sites is 1. The Hall–Kier alpha value is -3.08. The lowest BCUT2D eigenvalue weighted by molar-refractivity contribution is -0.122. The first kappa shape index (κ1) is 16.8. The van der Waals surface area contributed by atoms with Crippen LogP contribution in [0.5, 0.6) is 5.75 Å². The Morgan fingerprint density at radius 2 is 2.16 bits per heavy atom. The Balaban J connectivity index is 1.69. The monoisotopic (exact) mass is 344 g/mol. The first-order valence-electron chi connectivity index (χ1n) is 7.90. The molecule has 8 heteroatoms. The van der Waals surface area contributed by atoms with Gasteiger partial charge in [0.15, 0.2) is 18.2 Å². The van der Waals surface area contributed by atoms with E-state index in [0.717, 1.165) is 0 Å². The van der Waals surface area contributed by atoms with Crippen LogP contribution < -0.4 is 15.4 Å². The molecule has 0 radical (unpaired) electrons. The molecule has 25 heavy (non-hydrogen) atoms. The van der Waals surface area contributed by atoms with E-state index in [9.17, 15) is 14.4 Å². The second-order valence-corrected chi connectivity index (χ2v) is 5.76. The van der Waals surface area contributed by atoms with E-state index in [4.69, 9.17) is 14.9 Å². The van der Waals surface area contributed by atoms with Gasteiger partial charge in [-0.2, -0.15) is 10.2 Å². The zero-order chi connectivity index (χ0) is 17.8. The zero-order valence-electron chi connectivity index (χ0n) is 13.4. The molecule has 130 valence electrons. The molecule has 1 aromatic carbocycles. The number of rotatable bonds is 5. The van der Waals surface area contributed by atoms with Crippen LogP contribution in [0.1, 0.15) is 24.4 Å². The minimum absolute atomic E-state index is 0.0861. The van der Waals surface area contributed by atoms with Crippen LogP contribution in [0, 0.1) is 23.1 Å². The van der Waals surface area contributed by atoms with E-state index in [1.165, 1.54) is 12.1 Å². The second kappa shape index (κ2) is 7.21. The van der Waals surface area contributed by atoms with Crippen molar-refractivity contribution in [1.82, 2.24) is 4.98 Å². The maximum Gasteiger partial charge on any atom is 0.236 e. The molecule has 0 bridgehead atoms. The Labute approximate surface area is 143 Å². The molecule has 2 heterocycles. The highest BCUT2D eigenvalue weighted by Gasteiger charge is 2.27. The summed E-state index contributed by atoms with van der Waals surface area (Å²) < 4.78 is 24.5. The summed E-state index contributed by atoms with van der Waals surface area (Å²) in [6.07, 6.45) is 1.20. The molecule has 0 atom stereocenters. The number of ether oxygens (including phenoxy) is 1. The lowest BCUT2D eigenvalue weighted by Crippen LogP contribution is -2.38. The van der Waals surface area contributed by atoms with Crippen LogP contribution in [0.2, 0.25) is 0 Å². The first-order chi connectivity index (χ1) is 12.1. The van der Waals surface area contributed by atoms with E-state index >= 15 is 0 Å². The number of oxazole rings is 1. The van der Waals surface area contributed by atoms with Crippen LogP contribution in [0.3, 0.4) is 0 Å². The van der Waals surface area contributed by atoms with Gasteiger partial charge in [-0.05, 0) is 25.0 Å². The van der Waals surface area contributed by atoms with E-state index in [0.29, 0.717) is 31.8 Å². The average molecular weight is 344 g/mol. The molecule has 2 aromatic rings. The number of benzene rings is 1. The Morgan fingerprint density at radius 1 is 1.44 bits per heavy atom. The maximum absolute atomic E-state index is 13.6. The Bertz CT molecular complexity index is 806. The third kappa shape index (κ3) is 3.71. The number of hydrogen-bond acceptors (Lipinski definition) is 6. The number of carbonyl (C=O) groups excluding carboxylic acids is 1. The molecule has 1 amide bonds. The van der Waals surface area contributed by atoms with Crippen LogP contribution in [-0.4, -0.2) is 24.0 Å². The zero-order valence-corrected chi connectivity index (χ0v) is 13.4. The summed E-state index contributed by atoms with van der Waals surface area (Å²) in [5, 5.41) is 9.26. The third-order valence-corrected chi connectivity index (χ3v) is 4.13. The van der Waals surface area contributed by atoms with E-state index in [2.05, 4.69) is 4.98 Å². The van der Waals surface area contributed by atoms with Crippen molar-refractivity contribution in [2.75, 3.05) is 18.0 Å². The fourth-order valence-electron chi connectivity index (χ4n) is 2.77. The summed E-state index contributed by atoms with van der Waals surface area (Å²) >= 11 is 0. The van der Waals surface area contributed by atoms with Gasteiger partial charge >= 0.3 is 0 Å². The molecule has 0 unspecified atom stereocenters. The van der Waals surface area contributed by atoms with Gasteiger partial charge in [0.25, 0.3) is 0 Å². The number of nitrogens with two attached hydrogens (primary N) is 1. The molecule has 1 saturated heterocycles. The first-order valence-corrected chi connectivity index (χ1v) is 7.90. The molecule has 2 N–H and O–H groups in total. The van der Waals surface area contributed by atoms with E-state index in [-0.39, 0.29) is 35.8 Å². The molecular formula is C17H17FN4O3. The number of hydrogen-bond donors (Lipinski definition) is 1. The largest absolute Gasteiger partial charge is 0.481 e. The van der Waals surface area contributed by atoms with Gasteiger partial charge in [0.1, 0.15) is 6.07 Å². The van der Waals surface area contributed by atoms with Gasteiger partial charge in [-0.25, -0.2) is 4.39 Å². The summed E-state index contributed by atoms with van der Waals surface area (Å²) in [5.74, 6) is -0.332. The predicted molar refractivity (Wildman–Crippen MR) is 86.1 cm³/mol. The Morgan fingerprint density at radius 3 is 2.80 bits per heavy atom. The van der Waals surface area contributed by atoms with Gasteiger partial charge in [-0.15, -0.1) is 0 Å². The summed E-state index contributed by atoms with van der Waals surface area (Å²) in [5.41, 5.74) is 5.47. The lowest BCUT2D eigenvalue weighted by Gasteiger charge is -2.30. The van der Waals surface area contributed by atoms with Crippen molar-refractivity contribution in [3.05, 3.63) is 41.7 Å². The van der Waals surface area contributed by atoms with Gasteiger partial charge in [-0.1, -0.05) is 12.1 Å². The van der Waals surface area contributed by atoms with Crippen LogP contribution >= 0.6 is 0 Å². The minimum atomic E-state index is -0.483. The Kier molecular flexibility index (Phi) is 4.84. The highest BCUT2D eigenvalue weighted by molar-refractivity contribution is 5.77. The van der Waals surface area contributed by atoms with Crippen LogP contribution in [-0.2, 0) is 11.4 Å². The van der Waals surface area contributed by atoms with Crippen molar-refractivity contribution < 1.29 is 18.3 Å². The molecule has 1 aliphatic rings. The molecule has 0 aliphatic carbocycles. The molecule has 3 rings (SSSR count). The average Bonchev–Trinajstić information content (AvgIpc) is 3.04. The van der Waals surface area contributed by atoms with Crippen molar-refractivity contribution in [2.45, 2.75) is 19.4 Å². The summed E-state index contributed by atoms with van der Waals surface area (Å²) in [6.45, 7) is 1.00. The number of piperidine rings is 1. The number of anilines is 1. The van der Waals surface area contributed by atoms with Crippen molar-refractivity contribution in [2.24, 2.45) is 11.7 Å². The minimum Gasteiger partial charge on any atom is -0.481 e. The SMILES string of the molecule is N#Cc1nc(COc2ccccc2F)oc1N1CCC(C(N)=O)CC1. The number of nitrogens with zero attached hydrogens (tertiary/aromatic N) is 3. The van der Waals surface area contributed by atoms with Crippen molar-refractivity contribution in [1.29, 1.82) is 5.26 Å². The highest BCUT2D eigenvalue weighted by atomic mass is 19.1. The molecule has 1 aliphatic heterocycles. The van der Waals surface area contributed by atoms with E-state index in [1.807, 2.05) is 11.0 Å². The maximum atomic E-state index is 13.6. The number of amides is 1. The molecule has 1 aromatic heterocycles. The lowest BCUT2D eigenvalue weighted by atomic mass is 9.96. The summed E-state index contributed by atoms with van der Waals surface area (Å²) in [7, 11) is 0. The fraction of sp³-hybridized carbons (Fsp3) is 0.353.